The Labute approximate surface area is 128 Å². The van der Waals surface area contributed by atoms with E-state index in [1.807, 2.05) is 24.3 Å². The van der Waals surface area contributed by atoms with E-state index in [4.69, 9.17) is 9.84 Å². The number of hydrogen-bond acceptors (Lipinski definition) is 4. The minimum Gasteiger partial charge on any atom is -0.496 e. The van der Waals surface area contributed by atoms with Crippen molar-refractivity contribution in [3.63, 3.8) is 0 Å². The Morgan fingerprint density at radius 3 is 2.82 bits per heavy atom. The number of hydrogen-bond donors (Lipinski definition) is 1. The fourth-order valence-corrected chi connectivity index (χ4v) is 2.25. The molecule has 1 aromatic rings. The van der Waals surface area contributed by atoms with Gasteiger partial charge in [-0.25, -0.2) is 4.99 Å². The highest BCUT2D eigenvalue weighted by atomic mass is 16.5. The van der Waals surface area contributed by atoms with E-state index in [2.05, 4.69) is 4.99 Å². The largest absolute Gasteiger partial charge is 0.496 e. The average molecular weight is 302 g/mol. The van der Waals surface area contributed by atoms with Crippen LogP contribution in [0.3, 0.4) is 0 Å². The molecule has 1 heterocycles. The van der Waals surface area contributed by atoms with E-state index in [0.717, 1.165) is 5.56 Å². The van der Waals surface area contributed by atoms with Crippen LogP contribution in [0.2, 0.25) is 0 Å². The van der Waals surface area contributed by atoms with E-state index in [1.165, 1.54) is 4.90 Å². The average Bonchev–Trinajstić information content (AvgIpc) is 2.75. The summed E-state index contributed by atoms with van der Waals surface area (Å²) < 4.78 is 5.25. The first-order valence-corrected chi connectivity index (χ1v) is 6.96. The molecule has 0 saturated carbocycles. The van der Waals surface area contributed by atoms with Crippen LogP contribution in [0.15, 0.2) is 35.0 Å². The van der Waals surface area contributed by atoms with Crippen molar-refractivity contribution in [1.82, 2.24) is 4.90 Å². The molecule has 0 atom stereocenters. The summed E-state index contributed by atoms with van der Waals surface area (Å²) >= 11 is 0. The van der Waals surface area contributed by atoms with Crippen molar-refractivity contribution in [2.75, 3.05) is 13.7 Å². The lowest BCUT2D eigenvalue weighted by molar-refractivity contribution is -0.137. The van der Waals surface area contributed by atoms with Crippen LogP contribution >= 0.6 is 0 Å². The van der Waals surface area contributed by atoms with Crippen molar-refractivity contribution >= 4 is 23.8 Å². The minimum absolute atomic E-state index is 0.0304. The van der Waals surface area contributed by atoms with Crippen molar-refractivity contribution in [3.8, 4) is 5.75 Å². The molecular weight excluding hydrogens is 284 g/mol. The SMILES string of the molecule is COc1ccccc1/C=C1/N=C(C)N(CCCC(=O)O)C1=O. The Bertz CT molecular complexity index is 649. The van der Waals surface area contributed by atoms with Crippen LogP contribution < -0.4 is 4.74 Å². The standard InChI is InChI=1S/C16H18N2O4/c1-11-17-13(10-12-6-3-4-7-14(12)22-2)16(21)18(11)9-5-8-15(19)20/h3-4,6-7,10H,5,8-9H2,1-2H3,(H,19,20)/b13-10+. The molecule has 6 heteroatoms. The van der Waals surface area contributed by atoms with Crippen LogP contribution in [0.5, 0.6) is 5.75 Å². The van der Waals surface area contributed by atoms with Gasteiger partial charge in [0.2, 0.25) is 0 Å². The summed E-state index contributed by atoms with van der Waals surface area (Å²) in [6.07, 6.45) is 2.11. The quantitative estimate of drug-likeness (QED) is 0.817. The number of nitrogens with zero attached hydrogens (tertiary/aromatic N) is 2. The number of benzene rings is 1. The van der Waals surface area contributed by atoms with E-state index in [0.29, 0.717) is 30.2 Å². The van der Waals surface area contributed by atoms with Gasteiger partial charge < -0.3 is 9.84 Å². The fourth-order valence-electron chi connectivity index (χ4n) is 2.25. The Morgan fingerprint density at radius 2 is 2.14 bits per heavy atom. The molecule has 1 amide bonds. The third-order valence-corrected chi connectivity index (χ3v) is 3.34. The smallest absolute Gasteiger partial charge is 0.303 e. The number of carboxylic acid groups (broad SMARTS) is 1. The second-order valence-electron chi connectivity index (χ2n) is 4.88. The van der Waals surface area contributed by atoms with Gasteiger partial charge in [0.15, 0.2) is 0 Å². The van der Waals surface area contributed by atoms with Gasteiger partial charge in [0.25, 0.3) is 5.91 Å². The Balaban J connectivity index is 2.15. The topological polar surface area (TPSA) is 79.2 Å². The molecule has 22 heavy (non-hydrogen) atoms. The molecule has 1 aromatic carbocycles. The van der Waals surface area contributed by atoms with E-state index < -0.39 is 5.97 Å². The van der Waals surface area contributed by atoms with Gasteiger partial charge in [-0.3, -0.25) is 14.5 Å². The fraction of sp³-hybridized carbons (Fsp3) is 0.312. The molecule has 6 nitrogen and oxygen atoms in total. The van der Waals surface area contributed by atoms with Gasteiger partial charge in [0.1, 0.15) is 17.3 Å². The van der Waals surface area contributed by atoms with Crippen molar-refractivity contribution in [2.24, 2.45) is 4.99 Å². The normalized spacial score (nSPS) is 16.1. The van der Waals surface area contributed by atoms with E-state index in [9.17, 15) is 9.59 Å². The van der Waals surface area contributed by atoms with Gasteiger partial charge in [-0.1, -0.05) is 18.2 Å². The summed E-state index contributed by atoms with van der Waals surface area (Å²) in [6.45, 7) is 2.09. The maximum Gasteiger partial charge on any atom is 0.303 e. The van der Waals surface area contributed by atoms with Crippen molar-refractivity contribution < 1.29 is 19.4 Å². The number of rotatable bonds is 6. The summed E-state index contributed by atoms with van der Waals surface area (Å²) in [4.78, 5) is 28.7. The van der Waals surface area contributed by atoms with Gasteiger partial charge in [-0.15, -0.1) is 0 Å². The number of carboxylic acids is 1. The lowest BCUT2D eigenvalue weighted by atomic mass is 10.1. The minimum atomic E-state index is -0.869. The molecule has 0 fully saturated rings. The van der Waals surface area contributed by atoms with Crippen LogP contribution in [-0.2, 0) is 9.59 Å². The first-order valence-electron chi connectivity index (χ1n) is 6.96. The predicted octanol–water partition coefficient (Wildman–Crippen LogP) is 2.16. The highest BCUT2D eigenvalue weighted by Crippen LogP contribution is 2.24. The van der Waals surface area contributed by atoms with Crippen LogP contribution in [0, 0.1) is 0 Å². The zero-order valence-electron chi connectivity index (χ0n) is 12.6. The third-order valence-electron chi connectivity index (χ3n) is 3.34. The van der Waals surface area contributed by atoms with Crippen molar-refractivity contribution in [3.05, 3.63) is 35.5 Å². The van der Waals surface area contributed by atoms with Gasteiger partial charge in [-0.2, -0.15) is 0 Å². The molecule has 116 valence electrons. The van der Waals surface area contributed by atoms with Crippen LogP contribution in [0.25, 0.3) is 6.08 Å². The molecule has 1 N–H and O–H groups in total. The van der Waals surface area contributed by atoms with E-state index >= 15 is 0 Å². The van der Waals surface area contributed by atoms with Crippen LogP contribution in [-0.4, -0.2) is 41.4 Å². The highest BCUT2D eigenvalue weighted by Gasteiger charge is 2.27. The maximum atomic E-state index is 12.4. The molecule has 0 aromatic heterocycles. The molecule has 1 aliphatic heterocycles. The van der Waals surface area contributed by atoms with Crippen LogP contribution in [0.4, 0.5) is 0 Å². The number of carbonyl (C=O) groups excluding carboxylic acids is 1. The zero-order chi connectivity index (χ0) is 16.1. The first kappa shape index (κ1) is 15.8. The number of para-hydroxylation sites is 1. The van der Waals surface area contributed by atoms with Gasteiger partial charge in [0, 0.05) is 18.5 Å². The lowest BCUT2D eigenvalue weighted by Gasteiger charge is -2.14. The van der Waals surface area contributed by atoms with Crippen molar-refractivity contribution in [1.29, 1.82) is 0 Å². The highest BCUT2D eigenvalue weighted by molar-refractivity contribution is 6.13. The molecule has 0 spiro atoms. The Kier molecular flexibility index (Phi) is 4.93. The van der Waals surface area contributed by atoms with Gasteiger partial charge in [-0.05, 0) is 25.5 Å². The molecule has 0 radical (unpaired) electrons. The molecule has 1 aliphatic rings. The third kappa shape index (κ3) is 3.52. The summed E-state index contributed by atoms with van der Waals surface area (Å²) in [7, 11) is 1.57. The number of methoxy groups -OCH3 is 1. The first-order chi connectivity index (χ1) is 10.5. The van der Waals surface area contributed by atoms with Crippen LogP contribution in [0.1, 0.15) is 25.3 Å². The molecule has 0 aliphatic carbocycles. The lowest BCUT2D eigenvalue weighted by Crippen LogP contribution is -2.31. The monoisotopic (exact) mass is 302 g/mol. The van der Waals surface area contributed by atoms with Gasteiger partial charge >= 0.3 is 5.97 Å². The number of aliphatic imine (C=N–C) groups is 1. The number of carbonyl (C=O) groups is 2. The van der Waals surface area contributed by atoms with E-state index in [-0.39, 0.29) is 12.3 Å². The molecular formula is C16H18N2O4. The predicted molar refractivity (Wildman–Crippen MR) is 82.7 cm³/mol. The van der Waals surface area contributed by atoms with E-state index in [1.54, 1.807) is 20.1 Å². The summed E-state index contributed by atoms with van der Waals surface area (Å²) in [5, 5.41) is 8.66. The summed E-state index contributed by atoms with van der Waals surface area (Å²) in [5.41, 5.74) is 1.11. The molecule has 2 rings (SSSR count). The zero-order valence-corrected chi connectivity index (χ0v) is 12.6. The maximum absolute atomic E-state index is 12.4. The number of aliphatic carboxylic acids is 1. The Hall–Kier alpha value is -2.63. The van der Waals surface area contributed by atoms with Gasteiger partial charge in [0.05, 0.1) is 7.11 Å². The summed E-state index contributed by atoms with van der Waals surface area (Å²) in [6, 6.07) is 7.36. The second kappa shape index (κ2) is 6.89. The molecule has 0 bridgehead atoms. The molecule has 0 unspecified atom stereocenters. The number of amides is 1. The second-order valence-corrected chi connectivity index (χ2v) is 4.88. The number of amidine groups is 1. The molecule has 0 saturated heterocycles. The van der Waals surface area contributed by atoms with Crippen molar-refractivity contribution in [2.45, 2.75) is 19.8 Å². The number of ether oxygens (including phenoxy) is 1. The Morgan fingerprint density at radius 1 is 1.41 bits per heavy atom. The summed E-state index contributed by atoms with van der Waals surface area (Å²) in [5.74, 6) is 0.163.